The number of amides is 1. The molecule has 1 unspecified atom stereocenters. The number of carbonyl (C=O) groups excluding carboxylic acids is 1. The fraction of sp³-hybridized carbons (Fsp3) is 0.278. The zero-order valence-corrected chi connectivity index (χ0v) is 13.0. The van der Waals surface area contributed by atoms with Crippen molar-refractivity contribution in [3.05, 3.63) is 60.2 Å². The van der Waals surface area contributed by atoms with E-state index in [0.29, 0.717) is 6.42 Å². The molecule has 0 radical (unpaired) electrons. The Kier molecular flexibility index (Phi) is 4.30. The summed E-state index contributed by atoms with van der Waals surface area (Å²) in [7, 11) is 0. The Hall–Kier alpha value is -1.74. The van der Waals surface area contributed by atoms with Crippen LogP contribution in [0.4, 0.5) is 5.69 Å². The van der Waals surface area contributed by atoms with E-state index in [1.165, 1.54) is 10.5 Å². The molecule has 0 saturated heterocycles. The summed E-state index contributed by atoms with van der Waals surface area (Å²) >= 11 is 1.83. The van der Waals surface area contributed by atoms with Gasteiger partial charge in [0.15, 0.2) is 0 Å². The molecule has 2 nitrogen and oxygen atoms in total. The molecule has 1 aliphatic rings. The molecule has 1 atom stereocenters. The van der Waals surface area contributed by atoms with Gasteiger partial charge in [-0.3, -0.25) is 4.79 Å². The zero-order valence-electron chi connectivity index (χ0n) is 12.2. The lowest BCUT2D eigenvalue weighted by Gasteiger charge is -2.30. The first-order valence-corrected chi connectivity index (χ1v) is 8.31. The number of nitrogens with zero attached hydrogens (tertiary/aromatic N) is 1. The molecule has 2 aromatic carbocycles. The Morgan fingerprint density at radius 3 is 2.67 bits per heavy atom. The largest absolute Gasteiger partial charge is 0.310 e. The first-order valence-electron chi connectivity index (χ1n) is 7.33. The van der Waals surface area contributed by atoms with E-state index in [-0.39, 0.29) is 11.8 Å². The van der Waals surface area contributed by atoms with Crippen molar-refractivity contribution >= 4 is 23.4 Å². The van der Waals surface area contributed by atoms with Crippen LogP contribution in [-0.4, -0.2) is 18.2 Å². The Labute approximate surface area is 130 Å². The smallest absolute Gasteiger partial charge is 0.227 e. The topological polar surface area (TPSA) is 20.3 Å². The molecule has 0 spiro atoms. The van der Waals surface area contributed by atoms with Gasteiger partial charge in [-0.05, 0) is 23.6 Å². The maximum absolute atomic E-state index is 12.7. The molecule has 0 saturated carbocycles. The SMILES string of the molecule is CC(CC(=O)N1CCSc2ccccc21)c1ccccc1. The van der Waals surface area contributed by atoms with E-state index < -0.39 is 0 Å². The third-order valence-electron chi connectivity index (χ3n) is 3.88. The number of benzene rings is 2. The number of hydrogen-bond donors (Lipinski definition) is 0. The molecular weight excluding hydrogens is 278 g/mol. The normalized spacial score (nSPS) is 15.4. The first kappa shape index (κ1) is 14.2. The highest BCUT2D eigenvalue weighted by Crippen LogP contribution is 2.35. The molecule has 21 heavy (non-hydrogen) atoms. The molecule has 0 fully saturated rings. The van der Waals surface area contributed by atoms with Crippen molar-refractivity contribution in [3.8, 4) is 0 Å². The third-order valence-corrected chi connectivity index (χ3v) is 4.92. The quantitative estimate of drug-likeness (QED) is 0.841. The summed E-state index contributed by atoms with van der Waals surface area (Å²) in [5, 5.41) is 0. The minimum atomic E-state index is 0.221. The van der Waals surface area contributed by atoms with Gasteiger partial charge in [0.25, 0.3) is 0 Å². The lowest BCUT2D eigenvalue weighted by atomic mass is 9.97. The molecule has 1 heterocycles. The third kappa shape index (κ3) is 3.13. The Morgan fingerprint density at radius 1 is 1.14 bits per heavy atom. The summed E-state index contributed by atoms with van der Waals surface area (Å²) in [6, 6.07) is 18.4. The highest BCUT2D eigenvalue weighted by molar-refractivity contribution is 7.99. The number of hydrogen-bond acceptors (Lipinski definition) is 2. The summed E-state index contributed by atoms with van der Waals surface area (Å²) in [4.78, 5) is 15.8. The van der Waals surface area contributed by atoms with Crippen LogP contribution in [0.1, 0.15) is 24.8 Å². The molecule has 108 valence electrons. The van der Waals surface area contributed by atoms with Gasteiger partial charge in [-0.1, -0.05) is 49.4 Å². The average molecular weight is 297 g/mol. The maximum Gasteiger partial charge on any atom is 0.227 e. The molecule has 0 aromatic heterocycles. The summed E-state index contributed by atoms with van der Waals surface area (Å²) in [6.45, 7) is 2.93. The fourth-order valence-electron chi connectivity index (χ4n) is 2.70. The van der Waals surface area contributed by atoms with Crippen molar-refractivity contribution in [2.75, 3.05) is 17.2 Å². The van der Waals surface area contributed by atoms with E-state index in [2.05, 4.69) is 25.1 Å². The van der Waals surface area contributed by atoms with Crippen molar-refractivity contribution in [2.24, 2.45) is 0 Å². The van der Waals surface area contributed by atoms with Gasteiger partial charge in [-0.2, -0.15) is 0 Å². The van der Waals surface area contributed by atoms with E-state index in [4.69, 9.17) is 0 Å². The minimum absolute atomic E-state index is 0.221. The van der Waals surface area contributed by atoms with E-state index in [1.54, 1.807) is 0 Å². The van der Waals surface area contributed by atoms with Crippen molar-refractivity contribution in [3.63, 3.8) is 0 Å². The molecule has 1 aliphatic heterocycles. The zero-order chi connectivity index (χ0) is 14.7. The predicted octanol–water partition coefficient (Wildman–Crippen LogP) is 4.32. The molecule has 0 aliphatic carbocycles. The number of fused-ring (bicyclic) bond motifs is 1. The molecule has 2 aromatic rings. The van der Waals surface area contributed by atoms with E-state index in [1.807, 2.05) is 53.1 Å². The van der Waals surface area contributed by atoms with Crippen LogP contribution >= 0.6 is 11.8 Å². The second kappa shape index (κ2) is 6.35. The summed E-state index contributed by atoms with van der Waals surface area (Å²) < 4.78 is 0. The van der Waals surface area contributed by atoms with Crippen LogP contribution in [0.5, 0.6) is 0 Å². The van der Waals surface area contributed by atoms with Crippen molar-refractivity contribution in [2.45, 2.75) is 24.2 Å². The van der Waals surface area contributed by atoms with Gasteiger partial charge in [0.05, 0.1) is 5.69 Å². The highest BCUT2D eigenvalue weighted by Gasteiger charge is 2.24. The van der Waals surface area contributed by atoms with Gasteiger partial charge in [0.1, 0.15) is 0 Å². The van der Waals surface area contributed by atoms with Crippen LogP contribution in [-0.2, 0) is 4.79 Å². The highest BCUT2D eigenvalue weighted by atomic mass is 32.2. The van der Waals surface area contributed by atoms with Gasteiger partial charge in [0, 0.05) is 23.6 Å². The minimum Gasteiger partial charge on any atom is -0.310 e. The van der Waals surface area contributed by atoms with Crippen LogP contribution < -0.4 is 4.90 Å². The number of para-hydroxylation sites is 1. The van der Waals surface area contributed by atoms with E-state index in [9.17, 15) is 4.79 Å². The van der Waals surface area contributed by atoms with Gasteiger partial charge in [0.2, 0.25) is 5.91 Å². The van der Waals surface area contributed by atoms with Crippen LogP contribution in [0.15, 0.2) is 59.5 Å². The fourth-order valence-corrected chi connectivity index (χ4v) is 3.69. The van der Waals surface area contributed by atoms with Crippen molar-refractivity contribution in [1.82, 2.24) is 0 Å². The van der Waals surface area contributed by atoms with Crippen LogP contribution in [0.25, 0.3) is 0 Å². The molecule has 0 N–H and O–H groups in total. The number of anilines is 1. The lowest BCUT2D eigenvalue weighted by molar-refractivity contribution is -0.118. The van der Waals surface area contributed by atoms with Gasteiger partial charge < -0.3 is 4.90 Å². The van der Waals surface area contributed by atoms with E-state index >= 15 is 0 Å². The first-order chi connectivity index (χ1) is 10.3. The standard InChI is InChI=1S/C18H19NOS/c1-14(15-7-3-2-4-8-15)13-18(20)19-11-12-21-17-10-6-5-9-16(17)19/h2-10,14H,11-13H2,1H3. The summed E-state index contributed by atoms with van der Waals surface area (Å²) in [5.41, 5.74) is 2.30. The number of carbonyl (C=O) groups is 1. The Morgan fingerprint density at radius 2 is 1.86 bits per heavy atom. The Bertz CT molecular complexity index is 626. The van der Waals surface area contributed by atoms with Crippen molar-refractivity contribution in [1.29, 1.82) is 0 Å². The molecular formula is C18H19NOS. The second-order valence-electron chi connectivity index (χ2n) is 5.38. The van der Waals surface area contributed by atoms with Gasteiger partial charge in [-0.15, -0.1) is 11.8 Å². The van der Waals surface area contributed by atoms with Crippen LogP contribution in [0.2, 0.25) is 0 Å². The molecule has 1 amide bonds. The number of thioether (sulfide) groups is 1. The van der Waals surface area contributed by atoms with Gasteiger partial charge >= 0.3 is 0 Å². The average Bonchev–Trinajstić information content (AvgIpc) is 2.55. The molecule has 3 rings (SSSR count). The van der Waals surface area contributed by atoms with Gasteiger partial charge in [-0.25, -0.2) is 0 Å². The monoisotopic (exact) mass is 297 g/mol. The number of rotatable bonds is 3. The second-order valence-corrected chi connectivity index (χ2v) is 6.51. The molecule has 0 bridgehead atoms. The maximum atomic E-state index is 12.7. The van der Waals surface area contributed by atoms with Crippen LogP contribution in [0, 0.1) is 0 Å². The van der Waals surface area contributed by atoms with E-state index in [0.717, 1.165) is 18.0 Å². The van der Waals surface area contributed by atoms with Crippen LogP contribution in [0.3, 0.4) is 0 Å². The summed E-state index contributed by atoms with van der Waals surface area (Å²) in [5.74, 6) is 1.45. The molecule has 3 heteroatoms. The Balaban J connectivity index is 1.75. The summed E-state index contributed by atoms with van der Waals surface area (Å²) in [6.07, 6.45) is 0.559. The predicted molar refractivity (Wildman–Crippen MR) is 89.0 cm³/mol. The lowest BCUT2D eigenvalue weighted by Crippen LogP contribution is -2.35. The van der Waals surface area contributed by atoms with Crippen molar-refractivity contribution < 1.29 is 4.79 Å².